The van der Waals surface area contributed by atoms with Crippen LogP contribution in [0.3, 0.4) is 0 Å². The highest BCUT2D eigenvalue weighted by atomic mass is 32.1. The predicted molar refractivity (Wildman–Crippen MR) is 103 cm³/mol. The van der Waals surface area contributed by atoms with Crippen molar-refractivity contribution in [2.24, 2.45) is 0 Å². The minimum Gasteiger partial charge on any atom is -0.381 e. The molecule has 7 nitrogen and oxygen atoms in total. The third-order valence-electron chi connectivity index (χ3n) is 4.61. The summed E-state index contributed by atoms with van der Waals surface area (Å²) in [6, 6.07) is 5.91. The number of carbonyl (C=O) groups excluding carboxylic acids is 1. The summed E-state index contributed by atoms with van der Waals surface area (Å²) in [7, 11) is 0. The first-order valence-electron chi connectivity index (χ1n) is 8.53. The van der Waals surface area contributed by atoms with Crippen molar-refractivity contribution in [3.05, 3.63) is 42.5 Å². The minimum absolute atomic E-state index is 0.0240. The van der Waals surface area contributed by atoms with E-state index in [-0.39, 0.29) is 11.8 Å². The molecule has 0 saturated carbocycles. The fourth-order valence-electron chi connectivity index (χ4n) is 3.26. The van der Waals surface area contributed by atoms with Crippen LogP contribution in [-0.4, -0.2) is 43.2 Å². The van der Waals surface area contributed by atoms with Gasteiger partial charge in [0.15, 0.2) is 10.9 Å². The molecule has 134 valence electrons. The zero-order valence-corrected chi connectivity index (χ0v) is 15.2. The lowest BCUT2D eigenvalue weighted by atomic mass is 10.1. The number of hydrogen-bond acceptors (Lipinski definition) is 5. The molecule has 3 aromatic rings. The summed E-state index contributed by atoms with van der Waals surface area (Å²) in [6.45, 7) is 3.01. The first-order chi connectivity index (χ1) is 12.6. The quantitative estimate of drug-likeness (QED) is 0.565. The Balaban J connectivity index is 1.78. The van der Waals surface area contributed by atoms with Crippen molar-refractivity contribution >= 4 is 40.1 Å². The first kappa shape index (κ1) is 16.9. The lowest BCUT2D eigenvalue weighted by Gasteiger charge is -2.26. The molecule has 1 fully saturated rings. The molecular weight excluding hydrogens is 350 g/mol. The second-order valence-electron chi connectivity index (χ2n) is 6.31. The molecule has 0 atom stereocenters. The van der Waals surface area contributed by atoms with Crippen LogP contribution in [-0.2, 0) is 4.74 Å². The molecule has 1 aliphatic heterocycles. The normalized spacial score (nSPS) is 15.3. The van der Waals surface area contributed by atoms with E-state index in [1.54, 1.807) is 30.2 Å². The Bertz CT molecular complexity index is 958. The van der Waals surface area contributed by atoms with Gasteiger partial charge in [0, 0.05) is 37.2 Å². The molecule has 3 heterocycles. The van der Waals surface area contributed by atoms with Crippen LogP contribution in [0.15, 0.2) is 36.9 Å². The maximum atomic E-state index is 11.7. The summed E-state index contributed by atoms with van der Waals surface area (Å²) >= 11 is 5.47. The minimum atomic E-state index is 0.0240. The van der Waals surface area contributed by atoms with E-state index >= 15 is 0 Å². The van der Waals surface area contributed by atoms with Gasteiger partial charge in [-0.2, -0.15) is 0 Å². The molecule has 1 aromatic carbocycles. The fourth-order valence-corrected chi connectivity index (χ4v) is 3.46. The lowest BCUT2D eigenvalue weighted by molar-refractivity contribution is 0.0711. The molecule has 4 rings (SSSR count). The van der Waals surface area contributed by atoms with Gasteiger partial charge >= 0.3 is 0 Å². The van der Waals surface area contributed by atoms with Gasteiger partial charge in [-0.3, -0.25) is 9.36 Å². The van der Waals surface area contributed by atoms with Crippen molar-refractivity contribution in [2.75, 3.05) is 18.5 Å². The molecule has 2 aromatic heterocycles. The van der Waals surface area contributed by atoms with Crippen LogP contribution in [0.25, 0.3) is 11.0 Å². The Kier molecular flexibility index (Phi) is 4.52. The molecular formula is C18H19N5O2S. The number of nitrogens with zero attached hydrogens (tertiary/aromatic N) is 4. The maximum Gasteiger partial charge on any atom is 0.210 e. The average Bonchev–Trinajstić information content (AvgIpc) is 3.29. The number of nitrogens with one attached hydrogen (secondary N) is 1. The SMILES string of the molecule is CC(=O)c1ccc2c(c1)nc(NC(=S)n1ccnc1)n2C1CCOCC1. The Morgan fingerprint density at radius 1 is 1.35 bits per heavy atom. The monoisotopic (exact) mass is 369 g/mol. The van der Waals surface area contributed by atoms with E-state index in [4.69, 9.17) is 21.9 Å². The van der Waals surface area contributed by atoms with Crippen molar-refractivity contribution in [3.8, 4) is 0 Å². The molecule has 1 aliphatic rings. The smallest absolute Gasteiger partial charge is 0.210 e. The number of hydrogen-bond donors (Lipinski definition) is 1. The molecule has 1 N–H and O–H groups in total. The Hall–Kier alpha value is -2.58. The second-order valence-corrected chi connectivity index (χ2v) is 6.70. The van der Waals surface area contributed by atoms with Gasteiger partial charge in [0.1, 0.15) is 6.33 Å². The number of ether oxygens (including phenoxy) is 1. The van der Waals surface area contributed by atoms with Crippen LogP contribution >= 0.6 is 12.2 Å². The number of aromatic nitrogens is 4. The van der Waals surface area contributed by atoms with E-state index in [1.807, 2.05) is 18.2 Å². The number of thiocarbonyl (C=S) groups is 1. The van der Waals surface area contributed by atoms with Crippen LogP contribution in [0.2, 0.25) is 0 Å². The van der Waals surface area contributed by atoms with Crippen molar-refractivity contribution in [1.82, 2.24) is 19.1 Å². The molecule has 0 amide bonds. The number of fused-ring (bicyclic) bond motifs is 1. The molecule has 0 spiro atoms. The highest BCUT2D eigenvalue weighted by molar-refractivity contribution is 7.80. The van der Waals surface area contributed by atoms with E-state index in [0.717, 1.165) is 37.1 Å². The number of anilines is 1. The largest absolute Gasteiger partial charge is 0.381 e. The second kappa shape index (κ2) is 6.97. The van der Waals surface area contributed by atoms with Gasteiger partial charge in [-0.05, 0) is 50.2 Å². The number of Topliss-reactive ketones (excluding diaryl/α,β-unsaturated/α-hetero) is 1. The summed E-state index contributed by atoms with van der Waals surface area (Å²) in [4.78, 5) is 20.5. The Morgan fingerprint density at radius 3 is 2.85 bits per heavy atom. The first-order valence-corrected chi connectivity index (χ1v) is 8.94. The van der Waals surface area contributed by atoms with Gasteiger partial charge in [0.05, 0.1) is 11.0 Å². The van der Waals surface area contributed by atoms with Gasteiger partial charge in [-0.25, -0.2) is 9.97 Å². The van der Waals surface area contributed by atoms with Crippen LogP contribution < -0.4 is 5.32 Å². The van der Waals surface area contributed by atoms with Crippen molar-refractivity contribution in [2.45, 2.75) is 25.8 Å². The lowest BCUT2D eigenvalue weighted by Crippen LogP contribution is -2.24. The summed E-state index contributed by atoms with van der Waals surface area (Å²) in [5, 5.41) is 3.73. The summed E-state index contributed by atoms with van der Waals surface area (Å²) in [5.74, 6) is 0.697. The number of benzene rings is 1. The van der Waals surface area contributed by atoms with Gasteiger partial charge in [0.25, 0.3) is 0 Å². The molecule has 0 radical (unpaired) electrons. The van der Waals surface area contributed by atoms with E-state index in [1.165, 1.54) is 0 Å². The van der Waals surface area contributed by atoms with Crippen LogP contribution in [0, 0.1) is 0 Å². The fraction of sp³-hybridized carbons (Fsp3) is 0.333. The van der Waals surface area contributed by atoms with E-state index in [9.17, 15) is 4.79 Å². The zero-order valence-electron chi connectivity index (χ0n) is 14.4. The van der Waals surface area contributed by atoms with Crippen LogP contribution in [0.1, 0.15) is 36.2 Å². The van der Waals surface area contributed by atoms with E-state index < -0.39 is 0 Å². The summed E-state index contributed by atoms with van der Waals surface area (Å²) in [5.41, 5.74) is 2.41. The standard InChI is InChI=1S/C18H19N5O2S/c1-12(24)13-2-3-16-15(10-13)20-17(21-18(26)22-7-6-19-11-22)23(16)14-4-8-25-9-5-14/h2-3,6-7,10-11,14H,4-5,8-9H2,1H3,(H,20,21,26). The number of carbonyl (C=O) groups is 1. The average molecular weight is 369 g/mol. The number of ketones is 1. The molecule has 0 bridgehead atoms. The molecule has 0 aliphatic carbocycles. The zero-order chi connectivity index (χ0) is 18.1. The molecule has 0 unspecified atom stereocenters. The van der Waals surface area contributed by atoms with Crippen molar-refractivity contribution in [1.29, 1.82) is 0 Å². The Morgan fingerprint density at radius 2 is 2.15 bits per heavy atom. The highest BCUT2D eigenvalue weighted by Gasteiger charge is 2.23. The van der Waals surface area contributed by atoms with Crippen LogP contribution in [0.4, 0.5) is 5.95 Å². The van der Waals surface area contributed by atoms with Gasteiger partial charge in [-0.1, -0.05) is 0 Å². The maximum absolute atomic E-state index is 11.7. The topological polar surface area (TPSA) is 74.0 Å². The molecule has 8 heteroatoms. The summed E-state index contributed by atoms with van der Waals surface area (Å²) < 4.78 is 9.40. The van der Waals surface area contributed by atoms with Gasteiger partial charge in [-0.15, -0.1) is 0 Å². The predicted octanol–water partition coefficient (Wildman–Crippen LogP) is 3.03. The van der Waals surface area contributed by atoms with Gasteiger partial charge < -0.3 is 14.6 Å². The molecule has 1 saturated heterocycles. The van der Waals surface area contributed by atoms with Crippen LogP contribution in [0.5, 0.6) is 0 Å². The molecule has 26 heavy (non-hydrogen) atoms. The number of imidazole rings is 2. The van der Waals surface area contributed by atoms with E-state index in [0.29, 0.717) is 16.6 Å². The third-order valence-corrected chi connectivity index (χ3v) is 4.92. The van der Waals surface area contributed by atoms with Gasteiger partial charge in [0.2, 0.25) is 5.95 Å². The van der Waals surface area contributed by atoms with E-state index in [2.05, 4.69) is 14.9 Å². The Labute approximate surface area is 156 Å². The third kappa shape index (κ3) is 3.13. The van der Waals surface area contributed by atoms with Crippen molar-refractivity contribution in [3.63, 3.8) is 0 Å². The van der Waals surface area contributed by atoms with Crippen molar-refractivity contribution < 1.29 is 9.53 Å². The highest BCUT2D eigenvalue weighted by Crippen LogP contribution is 2.31. The summed E-state index contributed by atoms with van der Waals surface area (Å²) in [6.07, 6.45) is 6.92. The number of rotatable bonds is 3.